The molecular formula is C28H33F3N4OS. The monoisotopic (exact) mass is 530 g/mol. The van der Waals surface area contributed by atoms with Crippen molar-refractivity contribution >= 4 is 17.8 Å². The minimum absolute atomic E-state index is 0.0276. The summed E-state index contributed by atoms with van der Waals surface area (Å²) in [5, 5.41) is 1.16. The van der Waals surface area contributed by atoms with Gasteiger partial charge in [0.15, 0.2) is 17.5 Å². The zero-order valence-electron chi connectivity index (χ0n) is 21.8. The van der Waals surface area contributed by atoms with Crippen molar-refractivity contribution < 1.29 is 17.6 Å². The number of hydrogen-bond donors (Lipinski definition) is 0. The summed E-state index contributed by atoms with van der Waals surface area (Å²) in [7, 11) is 2.03. The Morgan fingerprint density at radius 2 is 2.05 bits per heavy atom. The predicted octanol–water partition coefficient (Wildman–Crippen LogP) is 6.67. The summed E-state index contributed by atoms with van der Waals surface area (Å²) >= 11 is 1.82. The third-order valence-electron chi connectivity index (χ3n) is 7.76. The lowest BCUT2D eigenvalue weighted by Gasteiger charge is -2.23. The molecule has 1 saturated heterocycles. The number of halogens is 3. The van der Waals surface area contributed by atoms with Crippen molar-refractivity contribution in [1.82, 2.24) is 19.4 Å². The minimum Gasteiger partial charge on any atom is -0.437 e. The number of thioether (sulfide) groups is 1. The van der Waals surface area contributed by atoms with E-state index in [1.54, 1.807) is 12.1 Å². The van der Waals surface area contributed by atoms with E-state index in [4.69, 9.17) is 9.40 Å². The maximum absolute atomic E-state index is 13.2. The molecule has 1 aliphatic heterocycles. The second-order valence-corrected chi connectivity index (χ2v) is 11.3. The molecule has 0 radical (unpaired) electrons. The van der Waals surface area contributed by atoms with Crippen LogP contribution >= 0.6 is 11.8 Å². The fourth-order valence-electron chi connectivity index (χ4n) is 5.89. The molecule has 2 fully saturated rings. The largest absolute Gasteiger partial charge is 0.437 e. The zero-order chi connectivity index (χ0) is 26.5. The van der Waals surface area contributed by atoms with Gasteiger partial charge in [0.2, 0.25) is 0 Å². The Balaban J connectivity index is 1.21. The highest BCUT2D eigenvalue weighted by atomic mass is 32.2. The van der Waals surface area contributed by atoms with E-state index in [9.17, 15) is 13.2 Å². The third-order valence-corrected chi connectivity index (χ3v) is 9.04. The number of fused-ring (bicyclic) bond motifs is 1. The highest BCUT2D eigenvalue weighted by Gasteiger charge is 2.61. The first kappa shape index (κ1) is 26.1. The summed E-state index contributed by atoms with van der Waals surface area (Å²) in [5.74, 6) is 3.65. The molecule has 0 amide bonds. The van der Waals surface area contributed by atoms with E-state index in [0.29, 0.717) is 17.4 Å². The second-order valence-electron chi connectivity index (χ2n) is 10.2. The van der Waals surface area contributed by atoms with Crippen LogP contribution < -0.4 is 0 Å². The molecule has 2 aromatic heterocycles. The van der Waals surface area contributed by atoms with Gasteiger partial charge < -0.3 is 13.9 Å². The van der Waals surface area contributed by atoms with E-state index in [-0.39, 0.29) is 5.41 Å². The molecule has 1 aliphatic carbocycles. The van der Waals surface area contributed by atoms with Crippen LogP contribution in [0.4, 0.5) is 13.2 Å². The Morgan fingerprint density at radius 1 is 1.27 bits per heavy atom. The van der Waals surface area contributed by atoms with Gasteiger partial charge in [-0.3, -0.25) is 0 Å². The number of alkyl halides is 3. The molecule has 0 spiro atoms. The van der Waals surface area contributed by atoms with Crippen molar-refractivity contribution in [1.29, 1.82) is 0 Å². The first-order valence-electron chi connectivity index (χ1n) is 12.8. The quantitative estimate of drug-likeness (QED) is 0.228. The molecule has 1 aromatic carbocycles. The molecule has 0 N–H and O–H groups in total. The second kappa shape index (κ2) is 9.66. The van der Waals surface area contributed by atoms with E-state index < -0.39 is 11.7 Å². The van der Waals surface area contributed by atoms with Crippen LogP contribution in [0.15, 0.2) is 34.2 Å². The number of nitrogens with zero attached hydrogens (tertiary/aromatic N) is 4. The van der Waals surface area contributed by atoms with E-state index in [1.807, 2.05) is 32.7 Å². The number of aromatic nitrogens is 3. The van der Waals surface area contributed by atoms with Crippen LogP contribution in [0.3, 0.4) is 0 Å². The summed E-state index contributed by atoms with van der Waals surface area (Å²) in [6.07, 6.45) is 0.150. The van der Waals surface area contributed by atoms with E-state index in [1.165, 1.54) is 12.1 Å². The van der Waals surface area contributed by atoms with Gasteiger partial charge in [-0.1, -0.05) is 25.6 Å². The fraction of sp³-hybridized carbons (Fsp3) is 0.500. The number of benzene rings is 1. The molecule has 9 heteroatoms. The predicted molar refractivity (Wildman–Crippen MR) is 141 cm³/mol. The van der Waals surface area contributed by atoms with Crippen LogP contribution in [0.1, 0.15) is 53.7 Å². The number of imidazole rings is 1. The summed E-state index contributed by atoms with van der Waals surface area (Å²) in [6.45, 7) is 12.6. The number of piperidine rings is 1. The third kappa shape index (κ3) is 4.76. The molecule has 3 heterocycles. The molecule has 5 rings (SSSR count). The van der Waals surface area contributed by atoms with Crippen molar-refractivity contribution in [3.63, 3.8) is 0 Å². The lowest BCUT2D eigenvalue weighted by atomic mass is 9.89. The van der Waals surface area contributed by atoms with Crippen LogP contribution in [-0.4, -0.2) is 44.8 Å². The SMILES string of the molecule is C=Cc1cc(C(F)(F)F)ccc1C12CC1CN(CCCSc1c(CC)nc(-c3oc(C)nc3C)n1C)C2. The van der Waals surface area contributed by atoms with Gasteiger partial charge in [-0.2, -0.15) is 13.2 Å². The molecule has 5 nitrogen and oxygen atoms in total. The van der Waals surface area contributed by atoms with Gasteiger partial charge in [0, 0.05) is 38.2 Å². The van der Waals surface area contributed by atoms with E-state index in [0.717, 1.165) is 78.2 Å². The first-order valence-corrected chi connectivity index (χ1v) is 13.7. The molecule has 3 aromatic rings. The maximum Gasteiger partial charge on any atom is 0.416 e. The Hall–Kier alpha value is -2.52. The summed E-state index contributed by atoms with van der Waals surface area (Å²) < 4.78 is 47.5. The van der Waals surface area contributed by atoms with Gasteiger partial charge in [-0.15, -0.1) is 11.8 Å². The number of hydrogen-bond acceptors (Lipinski definition) is 5. The van der Waals surface area contributed by atoms with Crippen LogP contribution in [0.25, 0.3) is 17.7 Å². The molecule has 37 heavy (non-hydrogen) atoms. The molecule has 2 aliphatic rings. The number of aryl methyl sites for hydroxylation is 3. The lowest BCUT2D eigenvalue weighted by Crippen LogP contribution is -2.28. The summed E-state index contributed by atoms with van der Waals surface area (Å²) in [5.41, 5.74) is 2.91. The summed E-state index contributed by atoms with van der Waals surface area (Å²) in [4.78, 5) is 11.7. The molecule has 0 bridgehead atoms. The average molecular weight is 531 g/mol. The minimum atomic E-state index is -4.34. The first-order chi connectivity index (χ1) is 17.6. The standard InChI is InChI=1S/C28H33F3N4OS/c1-6-19-13-20(28(29,30)31)9-10-22(19)27-14-21(27)15-35(16-27)11-8-12-37-26-23(7-2)33-25(34(26)5)24-17(3)32-18(4)36-24/h6,9-10,13,21H,1,7-8,11-12,14-16H2,2-5H3. The van der Waals surface area contributed by atoms with E-state index in [2.05, 4.69) is 28.0 Å². The highest BCUT2D eigenvalue weighted by Crippen LogP contribution is 2.60. The molecular weight excluding hydrogens is 497 g/mol. The average Bonchev–Trinajstić information content (AvgIpc) is 3.09. The van der Waals surface area contributed by atoms with Crippen molar-refractivity contribution in [2.45, 2.75) is 56.7 Å². The highest BCUT2D eigenvalue weighted by molar-refractivity contribution is 7.99. The Morgan fingerprint density at radius 3 is 2.70 bits per heavy atom. The zero-order valence-corrected chi connectivity index (χ0v) is 22.6. The number of oxazole rings is 1. The topological polar surface area (TPSA) is 47.1 Å². The van der Waals surface area contributed by atoms with Crippen LogP contribution in [0.2, 0.25) is 0 Å². The van der Waals surface area contributed by atoms with Gasteiger partial charge >= 0.3 is 6.18 Å². The smallest absolute Gasteiger partial charge is 0.416 e. The molecule has 198 valence electrons. The van der Waals surface area contributed by atoms with Crippen LogP contribution in [-0.2, 0) is 25.1 Å². The Labute approximate surface area is 220 Å². The number of likely N-dealkylation sites (tertiary alicyclic amines) is 1. The van der Waals surface area contributed by atoms with Crippen LogP contribution in [0, 0.1) is 19.8 Å². The Kier molecular flexibility index (Phi) is 6.81. The molecule has 1 saturated carbocycles. The lowest BCUT2D eigenvalue weighted by molar-refractivity contribution is -0.137. The normalized spacial score (nSPS) is 21.4. The fourth-order valence-corrected chi connectivity index (χ4v) is 6.99. The van der Waals surface area contributed by atoms with Gasteiger partial charge in [0.1, 0.15) is 0 Å². The van der Waals surface area contributed by atoms with Crippen molar-refractivity contribution in [3.05, 3.63) is 58.7 Å². The van der Waals surface area contributed by atoms with Crippen LogP contribution in [0.5, 0.6) is 0 Å². The van der Waals surface area contributed by atoms with Crippen molar-refractivity contribution in [2.75, 3.05) is 25.4 Å². The van der Waals surface area contributed by atoms with Gasteiger partial charge in [0.25, 0.3) is 0 Å². The Bertz CT molecular complexity index is 1330. The maximum atomic E-state index is 13.2. The van der Waals surface area contributed by atoms with Gasteiger partial charge in [0.05, 0.1) is 22.0 Å². The number of rotatable bonds is 9. The molecule has 2 unspecified atom stereocenters. The van der Waals surface area contributed by atoms with Crippen molar-refractivity contribution in [3.8, 4) is 11.6 Å². The summed E-state index contributed by atoms with van der Waals surface area (Å²) in [6, 6.07) is 4.16. The van der Waals surface area contributed by atoms with E-state index >= 15 is 0 Å². The van der Waals surface area contributed by atoms with Gasteiger partial charge in [-0.25, -0.2) is 9.97 Å². The van der Waals surface area contributed by atoms with Crippen molar-refractivity contribution in [2.24, 2.45) is 13.0 Å². The molecule has 2 atom stereocenters. The van der Waals surface area contributed by atoms with Gasteiger partial charge in [-0.05, 0) is 61.9 Å².